The maximum atomic E-state index is 6.54. The molecule has 1 aromatic heterocycles. The van der Waals surface area contributed by atoms with Crippen LogP contribution in [0.5, 0.6) is 0 Å². The summed E-state index contributed by atoms with van der Waals surface area (Å²) in [4.78, 5) is 9.89. The van der Waals surface area contributed by atoms with Crippen molar-refractivity contribution in [2.45, 2.75) is 32.2 Å². The zero-order valence-corrected chi connectivity index (χ0v) is 14.8. The van der Waals surface area contributed by atoms with E-state index in [1.807, 2.05) is 30.3 Å². The molecular formula is C21H19ClN2. The standard InChI is InChI=1S/C21H19ClN2/c1-13-19-15(8-6-9-16(19)22)20(24-21(13,2)3)18-12-11-14-7-4-5-10-17(14)23-18/h4-13H,1-3H3. The van der Waals surface area contributed by atoms with Gasteiger partial charge in [-0.1, -0.05) is 54.9 Å². The molecule has 1 atom stereocenters. The Balaban J connectivity index is 1.97. The molecule has 0 N–H and O–H groups in total. The molecule has 1 aliphatic rings. The van der Waals surface area contributed by atoms with E-state index >= 15 is 0 Å². The zero-order valence-electron chi connectivity index (χ0n) is 14.0. The maximum absolute atomic E-state index is 6.54. The Hall–Kier alpha value is -2.19. The van der Waals surface area contributed by atoms with E-state index in [2.05, 4.69) is 45.0 Å². The van der Waals surface area contributed by atoms with Gasteiger partial charge < -0.3 is 0 Å². The summed E-state index contributed by atoms with van der Waals surface area (Å²) in [6.07, 6.45) is 0. The number of rotatable bonds is 1. The number of hydrogen-bond donors (Lipinski definition) is 0. The van der Waals surface area contributed by atoms with Crippen molar-refractivity contribution in [3.05, 3.63) is 76.4 Å². The van der Waals surface area contributed by atoms with Crippen molar-refractivity contribution in [1.82, 2.24) is 4.98 Å². The first-order valence-corrected chi connectivity index (χ1v) is 8.60. The fraction of sp³-hybridized carbons (Fsp3) is 0.238. The lowest BCUT2D eigenvalue weighted by molar-refractivity contribution is 0.432. The minimum atomic E-state index is -0.222. The summed E-state index contributed by atoms with van der Waals surface area (Å²) in [7, 11) is 0. The number of fused-ring (bicyclic) bond motifs is 2. The van der Waals surface area contributed by atoms with Gasteiger partial charge in [-0.2, -0.15) is 0 Å². The number of benzene rings is 2. The van der Waals surface area contributed by atoms with E-state index in [1.54, 1.807) is 0 Å². The number of halogens is 1. The lowest BCUT2D eigenvalue weighted by Crippen LogP contribution is -2.33. The summed E-state index contributed by atoms with van der Waals surface area (Å²) in [5.41, 5.74) is 4.86. The van der Waals surface area contributed by atoms with Crippen LogP contribution < -0.4 is 0 Å². The Morgan fingerprint density at radius 1 is 0.958 bits per heavy atom. The molecule has 2 aromatic carbocycles. The quantitative estimate of drug-likeness (QED) is 0.567. The maximum Gasteiger partial charge on any atom is 0.0913 e. The molecule has 3 heteroatoms. The lowest BCUT2D eigenvalue weighted by atomic mass is 9.77. The molecule has 0 spiro atoms. The molecule has 4 rings (SSSR count). The van der Waals surface area contributed by atoms with Crippen LogP contribution in [0.3, 0.4) is 0 Å². The van der Waals surface area contributed by atoms with Crippen molar-refractivity contribution < 1.29 is 0 Å². The largest absolute Gasteiger partial charge is 0.276 e. The van der Waals surface area contributed by atoms with Gasteiger partial charge in [0.1, 0.15) is 0 Å². The average Bonchev–Trinajstić information content (AvgIpc) is 2.58. The minimum Gasteiger partial charge on any atom is -0.276 e. The molecule has 2 nitrogen and oxygen atoms in total. The predicted octanol–water partition coefficient (Wildman–Crippen LogP) is 5.62. The van der Waals surface area contributed by atoms with E-state index in [1.165, 1.54) is 5.56 Å². The van der Waals surface area contributed by atoms with E-state index in [0.717, 1.165) is 32.9 Å². The van der Waals surface area contributed by atoms with Gasteiger partial charge in [-0.3, -0.25) is 4.99 Å². The fourth-order valence-corrected chi connectivity index (χ4v) is 3.71. The monoisotopic (exact) mass is 334 g/mol. The third kappa shape index (κ3) is 2.33. The van der Waals surface area contributed by atoms with E-state index in [9.17, 15) is 0 Å². The molecule has 120 valence electrons. The molecule has 0 saturated heterocycles. The van der Waals surface area contributed by atoms with E-state index in [-0.39, 0.29) is 11.5 Å². The number of para-hydroxylation sites is 1. The van der Waals surface area contributed by atoms with Gasteiger partial charge in [0.2, 0.25) is 0 Å². The Kier molecular flexibility index (Phi) is 3.47. The van der Waals surface area contributed by atoms with Crippen LogP contribution in [0.2, 0.25) is 5.02 Å². The molecule has 1 unspecified atom stereocenters. The van der Waals surface area contributed by atoms with Gasteiger partial charge in [-0.15, -0.1) is 0 Å². The molecule has 3 aromatic rings. The Bertz CT molecular complexity index is 972. The minimum absolute atomic E-state index is 0.222. The number of aliphatic imine (C=N–C) groups is 1. The Labute approximate surface area is 147 Å². The van der Waals surface area contributed by atoms with Gasteiger partial charge in [-0.25, -0.2) is 4.98 Å². The molecule has 0 radical (unpaired) electrons. The highest BCUT2D eigenvalue weighted by molar-refractivity contribution is 6.32. The van der Waals surface area contributed by atoms with E-state index in [4.69, 9.17) is 21.6 Å². The summed E-state index contributed by atoms with van der Waals surface area (Å²) in [6.45, 7) is 6.51. The normalized spacial score (nSPS) is 19.0. The highest BCUT2D eigenvalue weighted by Crippen LogP contribution is 2.42. The molecule has 0 aliphatic carbocycles. The molecular weight excluding hydrogens is 316 g/mol. The van der Waals surface area contributed by atoms with Gasteiger partial charge in [0, 0.05) is 21.9 Å². The van der Waals surface area contributed by atoms with Crippen molar-refractivity contribution in [1.29, 1.82) is 0 Å². The number of nitrogens with zero attached hydrogens (tertiary/aromatic N) is 2. The van der Waals surface area contributed by atoms with Crippen LogP contribution in [-0.2, 0) is 0 Å². The van der Waals surface area contributed by atoms with Crippen LogP contribution >= 0.6 is 11.6 Å². The second-order valence-electron chi connectivity index (χ2n) is 6.93. The third-order valence-electron chi connectivity index (χ3n) is 5.04. The molecule has 0 saturated carbocycles. The zero-order chi connectivity index (χ0) is 16.9. The first-order valence-electron chi connectivity index (χ1n) is 8.22. The average molecular weight is 335 g/mol. The van der Waals surface area contributed by atoms with Gasteiger partial charge in [0.25, 0.3) is 0 Å². The predicted molar refractivity (Wildman–Crippen MR) is 101 cm³/mol. The first kappa shape index (κ1) is 15.3. The smallest absolute Gasteiger partial charge is 0.0913 e. The van der Waals surface area contributed by atoms with Crippen LogP contribution in [0.15, 0.2) is 59.6 Å². The highest BCUT2D eigenvalue weighted by Gasteiger charge is 2.36. The van der Waals surface area contributed by atoms with Crippen LogP contribution in [0, 0.1) is 0 Å². The molecule has 0 fully saturated rings. The van der Waals surface area contributed by atoms with Gasteiger partial charge in [0.15, 0.2) is 0 Å². The summed E-state index contributed by atoms with van der Waals surface area (Å²) in [5.74, 6) is 0.255. The molecule has 24 heavy (non-hydrogen) atoms. The topological polar surface area (TPSA) is 25.2 Å². The summed E-state index contributed by atoms with van der Waals surface area (Å²) in [6, 6.07) is 18.4. The van der Waals surface area contributed by atoms with Crippen LogP contribution in [-0.4, -0.2) is 16.2 Å². The fourth-order valence-electron chi connectivity index (χ4n) is 3.38. The second-order valence-corrected chi connectivity index (χ2v) is 7.33. The van der Waals surface area contributed by atoms with Gasteiger partial charge >= 0.3 is 0 Å². The number of hydrogen-bond acceptors (Lipinski definition) is 2. The van der Waals surface area contributed by atoms with E-state index in [0.29, 0.717) is 0 Å². The molecule has 0 amide bonds. The lowest BCUT2D eigenvalue weighted by Gasteiger charge is -2.36. The molecule has 1 aliphatic heterocycles. The van der Waals surface area contributed by atoms with Gasteiger partial charge in [-0.05, 0) is 37.6 Å². The summed E-state index contributed by atoms with van der Waals surface area (Å²) < 4.78 is 0. The molecule has 0 bridgehead atoms. The van der Waals surface area contributed by atoms with Crippen molar-refractivity contribution in [3.8, 4) is 0 Å². The summed E-state index contributed by atoms with van der Waals surface area (Å²) >= 11 is 6.54. The third-order valence-corrected chi connectivity index (χ3v) is 5.37. The van der Waals surface area contributed by atoms with Crippen molar-refractivity contribution in [3.63, 3.8) is 0 Å². The number of aromatic nitrogens is 1. The molecule has 2 heterocycles. The van der Waals surface area contributed by atoms with E-state index < -0.39 is 0 Å². The van der Waals surface area contributed by atoms with Crippen LogP contribution in [0.4, 0.5) is 0 Å². The summed E-state index contributed by atoms with van der Waals surface area (Å²) in [5, 5.41) is 1.94. The highest BCUT2D eigenvalue weighted by atomic mass is 35.5. The van der Waals surface area contributed by atoms with Crippen LogP contribution in [0.1, 0.15) is 43.5 Å². The first-order chi connectivity index (χ1) is 11.5. The van der Waals surface area contributed by atoms with Crippen molar-refractivity contribution in [2.24, 2.45) is 4.99 Å². The Morgan fingerprint density at radius 2 is 1.75 bits per heavy atom. The van der Waals surface area contributed by atoms with Crippen molar-refractivity contribution in [2.75, 3.05) is 0 Å². The van der Waals surface area contributed by atoms with Crippen LogP contribution in [0.25, 0.3) is 10.9 Å². The number of pyridine rings is 1. The van der Waals surface area contributed by atoms with Crippen molar-refractivity contribution >= 4 is 28.2 Å². The van der Waals surface area contributed by atoms with Gasteiger partial charge in [0.05, 0.1) is 22.5 Å². The SMILES string of the molecule is CC1c2c(Cl)cccc2C(c2ccc3ccccc3n2)=NC1(C)C. The Morgan fingerprint density at radius 3 is 2.58 bits per heavy atom. The second kappa shape index (κ2) is 5.42.